The number of hydrogen-bond acceptors (Lipinski definition) is 9. The summed E-state index contributed by atoms with van der Waals surface area (Å²) in [5, 5.41) is 15.9. The normalized spacial score (nSPS) is 41.1. The Kier molecular flexibility index (Phi) is 9.05. The highest BCUT2D eigenvalue weighted by Crippen LogP contribution is 2.82. The zero-order valence-corrected chi connectivity index (χ0v) is 28.2. The highest BCUT2D eigenvalue weighted by molar-refractivity contribution is 8.00. The minimum Gasteiger partial charge on any atom is -0.461 e. The molecule has 1 saturated heterocycles. The fourth-order valence-corrected chi connectivity index (χ4v) is 10.9. The van der Waals surface area contributed by atoms with Gasteiger partial charge in [-0.15, -0.1) is 18.3 Å². The number of oxime groups is 1. The lowest BCUT2D eigenvalue weighted by atomic mass is 9.32. The summed E-state index contributed by atoms with van der Waals surface area (Å²) in [4.78, 5) is 35.8. The number of aliphatic hydroxyl groups excluding tert-OH is 1. The van der Waals surface area contributed by atoms with Gasteiger partial charge in [-0.3, -0.25) is 14.5 Å². The molecule has 0 aromatic heterocycles. The van der Waals surface area contributed by atoms with Crippen LogP contribution < -0.4 is 0 Å². The topological polar surface area (TPSA) is 97.7 Å². The highest BCUT2D eigenvalue weighted by Gasteiger charge is 2.81. The summed E-state index contributed by atoms with van der Waals surface area (Å²) in [6.07, 6.45) is 6.11. The summed E-state index contributed by atoms with van der Waals surface area (Å²) in [5.74, 6) is 0.649. The van der Waals surface area contributed by atoms with Gasteiger partial charge in [-0.05, 0) is 66.5 Å². The van der Waals surface area contributed by atoms with Gasteiger partial charge in [-0.2, -0.15) is 0 Å². The van der Waals surface area contributed by atoms with Crippen molar-refractivity contribution in [3.05, 3.63) is 42.5 Å². The molecule has 4 aliphatic carbocycles. The Hall–Kier alpha value is -2.20. The molecule has 1 N–H and O–H groups in total. The van der Waals surface area contributed by atoms with Crippen LogP contribution in [-0.2, 0) is 23.9 Å². The van der Waals surface area contributed by atoms with E-state index in [2.05, 4.69) is 44.3 Å². The fourth-order valence-electron chi connectivity index (χ4n) is 10.2. The highest BCUT2D eigenvalue weighted by atomic mass is 32.2. The molecule has 0 radical (unpaired) electrons. The standard InChI is InChI=1S/C36H50N2O6S/c1-6-33(4)20-29(34(5)24(2)19-36-23-35(32(34)36,11-10-28(36)39)25(3)31(33)41)44-30(40)22-45-27-9-7-8-26(18-27)21-37-43-17-14-38-12-15-42-16-13-38/h6-9,18,21,24-25,29,31-32,41H,1,10-17,19-20,22-23H2,2-5H3/b37-21+/t24?,25-,29+,31-,32?,33+,34-,35?,36?/m0/s1. The quantitative estimate of drug-likeness (QED) is 0.0913. The summed E-state index contributed by atoms with van der Waals surface area (Å²) in [6, 6.07) is 7.87. The van der Waals surface area contributed by atoms with Crippen LogP contribution in [0.5, 0.6) is 0 Å². The van der Waals surface area contributed by atoms with Gasteiger partial charge in [0.15, 0.2) is 0 Å². The van der Waals surface area contributed by atoms with Crippen LogP contribution >= 0.6 is 11.8 Å². The molecule has 5 aliphatic rings. The molecule has 8 nitrogen and oxygen atoms in total. The monoisotopic (exact) mass is 638 g/mol. The van der Waals surface area contributed by atoms with E-state index in [4.69, 9.17) is 14.3 Å². The molecule has 1 heterocycles. The van der Waals surface area contributed by atoms with E-state index in [0.29, 0.717) is 25.2 Å². The van der Waals surface area contributed by atoms with Crippen LogP contribution in [0.4, 0.5) is 0 Å². The molecule has 4 saturated carbocycles. The number of carbonyl (C=O) groups is 2. The minimum atomic E-state index is -0.620. The molecular weight excluding hydrogens is 588 g/mol. The molecule has 0 amide bonds. The largest absolute Gasteiger partial charge is 0.461 e. The van der Waals surface area contributed by atoms with Crippen LogP contribution in [0.1, 0.15) is 65.4 Å². The average Bonchev–Trinajstić information content (AvgIpc) is 3.22. The van der Waals surface area contributed by atoms with Gasteiger partial charge in [-0.1, -0.05) is 51.1 Å². The van der Waals surface area contributed by atoms with Crippen LogP contribution in [0.15, 0.2) is 47.0 Å². The van der Waals surface area contributed by atoms with E-state index in [-0.39, 0.29) is 45.7 Å². The van der Waals surface area contributed by atoms with Gasteiger partial charge in [0.05, 0.1) is 31.3 Å². The lowest BCUT2D eigenvalue weighted by Gasteiger charge is -2.71. The molecule has 1 aliphatic heterocycles. The smallest absolute Gasteiger partial charge is 0.316 e. The van der Waals surface area contributed by atoms with Crippen LogP contribution in [0, 0.1) is 39.4 Å². The van der Waals surface area contributed by atoms with Gasteiger partial charge in [0.1, 0.15) is 18.5 Å². The van der Waals surface area contributed by atoms with Gasteiger partial charge in [0.25, 0.3) is 0 Å². The Balaban J connectivity index is 1.13. The van der Waals surface area contributed by atoms with E-state index in [1.54, 1.807) is 6.21 Å². The molecule has 5 fully saturated rings. The van der Waals surface area contributed by atoms with Gasteiger partial charge < -0.3 is 19.4 Å². The number of esters is 1. The Morgan fingerprint density at radius 3 is 2.78 bits per heavy atom. The molecular formula is C36H50N2O6S. The number of hydrogen-bond donors (Lipinski definition) is 1. The lowest BCUT2D eigenvalue weighted by molar-refractivity contribution is -0.257. The Bertz CT molecular complexity index is 1330. The number of thioether (sulfide) groups is 1. The van der Waals surface area contributed by atoms with Crippen LogP contribution in [0.3, 0.4) is 0 Å². The van der Waals surface area contributed by atoms with Gasteiger partial charge in [-0.25, -0.2) is 0 Å². The summed E-state index contributed by atoms with van der Waals surface area (Å²) >= 11 is 1.44. The summed E-state index contributed by atoms with van der Waals surface area (Å²) in [7, 11) is 0. The number of aliphatic hydroxyl groups is 1. The van der Waals surface area contributed by atoms with Crippen LogP contribution in [0.25, 0.3) is 0 Å². The molecule has 1 aromatic carbocycles. The van der Waals surface area contributed by atoms with E-state index in [1.807, 2.05) is 30.3 Å². The summed E-state index contributed by atoms with van der Waals surface area (Å²) < 4.78 is 11.8. The minimum absolute atomic E-state index is 0.0366. The molecule has 9 heteroatoms. The Morgan fingerprint density at radius 1 is 1.24 bits per heavy atom. The number of morpholine rings is 1. The third-order valence-electron chi connectivity index (χ3n) is 12.7. The maximum absolute atomic E-state index is 13.6. The molecule has 45 heavy (non-hydrogen) atoms. The van der Waals surface area contributed by atoms with Crippen molar-refractivity contribution in [1.29, 1.82) is 0 Å². The molecule has 2 spiro atoms. The number of Topliss-reactive ketones (excluding diaryl/α,β-unsaturated/α-hetero) is 1. The second kappa shape index (κ2) is 12.4. The number of nitrogens with zero attached hydrogens (tertiary/aromatic N) is 2. The number of carbonyl (C=O) groups excluding carboxylic acids is 2. The third-order valence-corrected chi connectivity index (χ3v) is 13.7. The van der Waals surface area contributed by atoms with E-state index in [1.165, 1.54) is 11.8 Å². The van der Waals surface area contributed by atoms with E-state index >= 15 is 0 Å². The second-order valence-corrected chi connectivity index (χ2v) is 16.0. The van der Waals surface area contributed by atoms with E-state index < -0.39 is 17.6 Å². The molecule has 2 bridgehead atoms. The van der Waals surface area contributed by atoms with Crippen molar-refractivity contribution >= 4 is 29.7 Å². The molecule has 4 unspecified atom stereocenters. The first kappa shape index (κ1) is 32.7. The fraction of sp³-hybridized carbons (Fsp3) is 0.694. The summed E-state index contributed by atoms with van der Waals surface area (Å²) in [5.41, 5.74) is -0.527. The van der Waals surface area contributed by atoms with Crippen LogP contribution in [-0.4, -0.2) is 85.4 Å². The van der Waals surface area contributed by atoms with Crippen molar-refractivity contribution in [3.63, 3.8) is 0 Å². The molecule has 246 valence electrons. The van der Waals surface area contributed by atoms with Crippen LogP contribution in [0.2, 0.25) is 0 Å². The molecule has 6 rings (SSSR count). The van der Waals surface area contributed by atoms with E-state index in [0.717, 1.165) is 62.6 Å². The lowest BCUT2D eigenvalue weighted by Crippen LogP contribution is -2.71. The van der Waals surface area contributed by atoms with Gasteiger partial charge >= 0.3 is 5.97 Å². The maximum atomic E-state index is 13.6. The third kappa shape index (κ3) is 5.49. The molecule has 9 atom stereocenters. The second-order valence-electron chi connectivity index (χ2n) is 14.9. The Morgan fingerprint density at radius 2 is 2.02 bits per heavy atom. The molecule has 1 aromatic rings. The predicted molar refractivity (Wildman–Crippen MR) is 175 cm³/mol. The first-order valence-electron chi connectivity index (χ1n) is 16.7. The van der Waals surface area contributed by atoms with Crippen molar-refractivity contribution in [1.82, 2.24) is 4.90 Å². The average molecular weight is 639 g/mol. The number of rotatable bonds is 10. The Labute approximate surface area is 272 Å². The zero-order valence-electron chi connectivity index (χ0n) is 27.3. The first-order valence-corrected chi connectivity index (χ1v) is 17.7. The van der Waals surface area contributed by atoms with Crippen molar-refractivity contribution in [2.45, 2.75) is 76.9 Å². The summed E-state index contributed by atoms with van der Waals surface area (Å²) in [6.45, 7) is 17.6. The van der Waals surface area contributed by atoms with Gasteiger partial charge in [0.2, 0.25) is 0 Å². The number of ether oxygens (including phenoxy) is 2. The predicted octanol–water partition coefficient (Wildman–Crippen LogP) is 5.37. The van der Waals surface area contributed by atoms with Gasteiger partial charge in [0, 0.05) is 47.2 Å². The first-order chi connectivity index (χ1) is 21.5. The van der Waals surface area contributed by atoms with Crippen molar-refractivity contribution in [3.8, 4) is 0 Å². The SMILES string of the molecule is C=C[C@]1(C)C[C@@H](OC(=O)CSc2cccc(/C=N/OCCN3CCOCC3)c2)[C@]2(C)C(C)CC34CC(CCC3=O)(C42)[C@@H](C)[C@@H]1O. The number of ketones is 1. The number of benzene rings is 1. The van der Waals surface area contributed by atoms with E-state index in [9.17, 15) is 14.7 Å². The van der Waals surface area contributed by atoms with Crippen molar-refractivity contribution < 1.29 is 29.0 Å². The van der Waals surface area contributed by atoms with Crippen molar-refractivity contribution in [2.75, 3.05) is 45.2 Å². The zero-order chi connectivity index (χ0) is 32.0. The van der Waals surface area contributed by atoms with Crippen molar-refractivity contribution in [2.24, 2.45) is 44.6 Å². The maximum Gasteiger partial charge on any atom is 0.316 e.